The highest BCUT2D eigenvalue weighted by atomic mass is 32.1. The molecule has 0 aliphatic heterocycles. The number of thiol groups is 2. The van der Waals surface area contributed by atoms with Crippen molar-refractivity contribution in [1.29, 1.82) is 0 Å². The van der Waals surface area contributed by atoms with E-state index in [9.17, 15) is 0 Å². The third kappa shape index (κ3) is 7.00. The van der Waals surface area contributed by atoms with E-state index >= 15 is 0 Å². The van der Waals surface area contributed by atoms with Crippen LogP contribution in [-0.4, -0.2) is 42.6 Å². The number of hydrogen-bond acceptors (Lipinski definition) is 4. The molecule has 0 saturated carbocycles. The number of nitrogens with two attached hydrogens (primary N) is 1. The van der Waals surface area contributed by atoms with Crippen LogP contribution >= 0.6 is 25.3 Å². The summed E-state index contributed by atoms with van der Waals surface area (Å²) in [7, 11) is 0. The summed E-state index contributed by atoms with van der Waals surface area (Å²) in [4.78, 5) is 2.34. The average molecular weight is 194 g/mol. The lowest BCUT2D eigenvalue weighted by atomic mass is 10.4. The van der Waals surface area contributed by atoms with Gasteiger partial charge in [0.1, 0.15) is 0 Å². The molecule has 0 aliphatic carbocycles. The molecule has 4 heteroatoms. The Morgan fingerprint density at radius 1 is 1.00 bits per heavy atom. The summed E-state index contributed by atoms with van der Waals surface area (Å²) < 4.78 is 0. The first-order valence-electron chi connectivity index (χ1n) is 3.99. The van der Waals surface area contributed by atoms with E-state index in [2.05, 4.69) is 30.2 Å². The van der Waals surface area contributed by atoms with Crippen molar-refractivity contribution in [3.8, 4) is 0 Å². The molecule has 0 aromatic carbocycles. The zero-order valence-electron chi connectivity index (χ0n) is 6.87. The van der Waals surface area contributed by atoms with Crippen molar-refractivity contribution in [2.45, 2.75) is 6.42 Å². The monoisotopic (exact) mass is 194 g/mol. The summed E-state index contributed by atoms with van der Waals surface area (Å²) in [5.74, 6) is 1.83. The molecule has 0 amide bonds. The fourth-order valence-electron chi connectivity index (χ4n) is 0.933. The van der Waals surface area contributed by atoms with Crippen LogP contribution in [0.4, 0.5) is 0 Å². The smallest absolute Gasteiger partial charge is 0.00702 e. The molecular weight excluding hydrogens is 176 g/mol. The van der Waals surface area contributed by atoms with Crippen molar-refractivity contribution < 1.29 is 0 Å². The normalized spacial score (nSPS) is 10.9. The van der Waals surface area contributed by atoms with Crippen molar-refractivity contribution in [2.24, 2.45) is 5.73 Å². The molecule has 0 aromatic heterocycles. The summed E-state index contributed by atoms with van der Waals surface area (Å²) >= 11 is 8.35. The van der Waals surface area contributed by atoms with Gasteiger partial charge in [-0.2, -0.15) is 25.3 Å². The molecule has 11 heavy (non-hydrogen) atoms. The third-order valence-electron chi connectivity index (χ3n) is 1.51. The molecule has 0 radical (unpaired) electrons. The highest BCUT2D eigenvalue weighted by Crippen LogP contribution is 1.92. The van der Waals surface area contributed by atoms with Gasteiger partial charge in [-0.05, 0) is 19.5 Å². The predicted molar refractivity (Wildman–Crippen MR) is 57.8 cm³/mol. The van der Waals surface area contributed by atoms with Crippen LogP contribution in [-0.2, 0) is 0 Å². The minimum absolute atomic E-state index is 0.773. The maximum Gasteiger partial charge on any atom is 0.00702 e. The molecule has 0 fully saturated rings. The lowest BCUT2D eigenvalue weighted by Crippen LogP contribution is -2.30. The Morgan fingerprint density at radius 2 is 1.55 bits per heavy atom. The maximum absolute atomic E-state index is 5.40. The molecule has 2 nitrogen and oxygen atoms in total. The second-order valence-corrected chi connectivity index (χ2v) is 3.33. The van der Waals surface area contributed by atoms with E-state index < -0.39 is 0 Å². The fraction of sp³-hybridized carbons (Fsp3) is 1.00. The zero-order valence-corrected chi connectivity index (χ0v) is 8.66. The molecule has 0 unspecified atom stereocenters. The van der Waals surface area contributed by atoms with Gasteiger partial charge in [0.2, 0.25) is 0 Å². The van der Waals surface area contributed by atoms with E-state index in [0.29, 0.717) is 0 Å². The van der Waals surface area contributed by atoms with Crippen LogP contribution < -0.4 is 5.73 Å². The number of rotatable bonds is 7. The molecule has 68 valence electrons. The van der Waals surface area contributed by atoms with Gasteiger partial charge in [-0.15, -0.1) is 0 Å². The highest BCUT2D eigenvalue weighted by molar-refractivity contribution is 7.80. The summed E-state index contributed by atoms with van der Waals surface area (Å²) in [5, 5.41) is 0. The minimum atomic E-state index is 0.773. The SMILES string of the molecule is NCCCN(CCS)CCS. The van der Waals surface area contributed by atoms with Crippen LogP contribution in [0, 0.1) is 0 Å². The van der Waals surface area contributed by atoms with E-state index in [4.69, 9.17) is 5.73 Å². The summed E-state index contributed by atoms with van der Waals surface area (Å²) in [5.41, 5.74) is 5.40. The number of nitrogens with zero attached hydrogens (tertiary/aromatic N) is 1. The molecule has 2 N–H and O–H groups in total. The Hall–Kier alpha value is 0.620. The van der Waals surface area contributed by atoms with Crippen LogP contribution in [0.2, 0.25) is 0 Å². The van der Waals surface area contributed by atoms with E-state index in [1.807, 2.05) is 0 Å². The van der Waals surface area contributed by atoms with Gasteiger partial charge in [0.15, 0.2) is 0 Å². The Kier molecular flexibility index (Phi) is 9.21. The second kappa shape index (κ2) is 8.71. The molecule has 0 bridgehead atoms. The Balaban J connectivity index is 3.34. The zero-order chi connectivity index (χ0) is 8.53. The molecule has 0 aromatic rings. The lowest BCUT2D eigenvalue weighted by molar-refractivity contribution is 0.307. The quantitative estimate of drug-likeness (QED) is 0.515. The Bertz CT molecular complexity index is 74.8. The van der Waals surface area contributed by atoms with Gasteiger partial charge in [-0.25, -0.2) is 0 Å². The molecule has 0 saturated heterocycles. The van der Waals surface area contributed by atoms with Gasteiger partial charge < -0.3 is 10.6 Å². The molecule has 0 spiro atoms. The van der Waals surface area contributed by atoms with Gasteiger partial charge in [0.05, 0.1) is 0 Å². The highest BCUT2D eigenvalue weighted by Gasteiger charge is 2.00. The lowest BCUT2D eigenvalue weighted by Gasteiger charge is -2.19. The standard InChI is InChI=1S/C7H18N2S2/c8-2-1-3-9(4-6-10)5-7-11/h10-11H,1-8H2. The first kappa shape index (κ1) is 11.6. The summed E-state index contributed by atoms with van der Waals surface area (Å²) in [6.45, 7) is 3.95. The van der Waals surface area contributed by atoms with Gasteiger partial charge in [-0.1, -0.05) is 0 Å². The van der Waals surface area contributed by atoms with E-state index in [1.54, 1.807) is 0 Å². The largest absolute Gasteiger partial charge is 0.330 e. The van der Waals surface area contributed by atoms with E-state index in [-0.39, 0.29) is 0 Å². The third-order valence-corrected chi connectivity index (χ3v) is 1.91. The average Bonchev–Trinajstić information content (AvgIpc) is 2.01. The first-order valence-corrected chi connectivity index (χ1v) is 5.25. The Labute approximate surface area is 80.3 Å². The predicted octanol–water partition coefficient (Wildman–Crippen LogP) is 0.497. The summed E-state index contributed by atoms with van der Waals surface area (Å²) in [6, 6.07) is 0. The topological polar surface area (TPSA) is 29.3 Å². The number of hydrogen-bond donors (Lipinski definition) is 3. The Morgan fingerprint density at radius 3 is 1.91 bits per heavy atom. The van der Waals surface area contributed by atoms with Crippen LogP contribution in [0.3, 0.4) is 0 Å². The minimum Gasteiger partial charge on any atom is -0.330 e. The van der Waals surface area contributed by atoms with Crippen LogP contribution in [0.1, 0.15) is 6.42 Å². The first-order chi connectivity index (χ1) is 5.35. The van der Waals surface area contributed by atoms with Crippen molar-refractivity contribution in [1.82, 2.24) is 4.90 Å². The van der Waals surface area contributed by atoms with Crippen molar-refractivity contribution in [2.75, 3.05) is 37.7 Å². The fourth-order valence-corrected chi connectivity index (χ4v) is 1.50. The molecule has 0 atom stereocenters. The van der Waals surface area contributed by atoms with E-state index in [0.717, 1.165) is 44.1 Å². The summed E-state index contributed by atoms with van der Waals surface area (Å²) in [6.07, 6.45) is 1.07. The maximum atomic E-state index is 5.40. The van der Waals surface area contributed by atoms with Gasteiger partial charge in [-0.3, -0.25) is 0 Å². The molecule has 0 rings (SSSR count). The molecule has 0 aliphatic rings. The van der Waals surface area contributed by atoms with E-state index in [1.165, 1.54) is 0 Å². The van der Waals surface area contributed by atoms with Crippen molar-refractivity contribution in [3.05, 3.63) is 0 Å². The van der Waals surface area contributed by atoms with Gasteiger partial charge in [0.25, 0.3) is 0 Å². The van der Waals surface area contributed by atoms with Crippen LogP contribution in [0.15, 0.2) is 0 Å². The van der Waals surface area contributed by atoms with Crippen LogP contribution in [0.25, 0.3) is 0 Å². The molecule has 0 heterocycles. The van der Waals surface area contributed by atoms with Crippen LogP contribution in [0.5, 0.6) is 0 Å². The molecular formula is C7H18N2S2. The van der Waals surface area contributed by atoms with Crippen molar-refractivity contribution in [3.63, 3.8) is 0 Å². The second-order valence-electron chi connectivity index (χ2n) is 2.43. The van der Waals surface area contributed by atoms with Crippen molar-refractivity contribution >= 4 is 25.3 Å². The van der Waals surface area contributed by atoms with Gasteiger partial charge in [0, 0.05) is 24.6 Å². The van der Waals surface area contributed by atoms with Gasteiger partial charge >= 0.3 is 0 Å².